The predicted octanol–water partition coefficient (Wildman–Crippen LogP) is 1.26. The van der Waals surface area contributed by atoms with Crippen LogP contribution in [-0.4, -0.2) is 48.8 Å². The lowest BCUT2D eigenvalue weighted by molar-refractivity contribution is -0.233. The van der Waals surface area contributed by atoms with Crippen molar-refractivity contribution in [3.63, 3.8) is 0 Å². The zero-order valence-corrected chi connectivity index (χ0v) is 13.1. The predicted molar refractivity (Wildman–Crippen MR) is 73.2 cm³/mol. The Balaban J connectivity index is 3.03. The quantitative estimate of drug-likeness (QED) is 0.766. The number of carbonyl (C=O) groups excluding carboxylic acids is 2. The van der Waals surface area contributed by atoms with Crippen molar-refractivity contribution in [3.8, 4) is 0 Å². The lowest BCUT2D eigenvalue weighted by Gasteiger charge is -2.42. The fourth-order valence-corrected chi connectivity index (χ4v) is 2.55. The summed E-state index contributed by atoms with van der Waals surface area (Å²) >= 11 is 0. The maximum Gasteiger partial charge on any atom is 0.303 e. The van der Waals surface area contributed by atoms with Gasteiger partial charge in [0.05, 0.1) is 0 Å². The Labute approximate surface area is 128 Å². The minimum atomic E-state index is -2.22. The van der Waals surface area contributed by atoms with Crippen molar-refractivity contribution < 1.29 is 32.6 Å². The number of rotatable bonds is 5. The van der Waals surface area contributed by atoms with E-state index in [4.69, 9.17) is 19.9 Å². The average Bonchev–Trinajstić information content (AvgIpc) is 2.44. The highest BCUT2D eigenvalue weighted by Crippen LogP contribution is 2.32. The molecule has 22 heavy (non-hydrogen) atoms. The van der Waals surface area contributed by atoms with Gasteiger partial charge in [-0.25, -0.2) is 8.78 Å². The molecule has 6 nitrogen and oxygen atoms in total. The van der Waals surface area contributed by atoms with Crippen LogP contribution < -0.4 is 5.73 Å². The summed E-state index contributed by atoms with van der Waals surface area (Å²) < 4.78 is 42.5. The van der Waals surface area contributed by atoms with Crippen LogP contribution in [0.4, 0.5) is 8.78 Å². The molecule has 0 aromatic rings. The van der Waals surface area contributed by atoms with Gasteiger partial charge < -0.3 is 19.9 Å². The van der Waals surface area contributed by atoms with Crippen molar-refractivity contribution in [2.45, 2.75) is 71.0 Å². The normalized spacial score (nSPS) is 34.6. The topological polar surface area (TPSA) is 87.8 Å². The molecule has 0 amide bonds. The highest BCUT2D eigenvalue weighted by atomic mass is 19.2. The summed E-state index contributed by atoms with van der Waals surface area (Å²) in [6.07, 6.45) is -6.76. The third-order valence-corrected chi connectivity index (χ3v) is 3.74. The van der Waals surface area contributed by atoms with Crippen molar-refractivity contribution in [2.24, 2.45) is 11.7 Å². The monoisotopic (exact) mass is 323 g/mol. The molecule has 1 heterocycles. The molecular formula is C14H23F2NO5. The zero-order chi connectivity index (χ0) is 17.0. The number of halogens is 2. The van der Waals surface area contributed by atoms with E-state index < -0.39 is 54.7 Å². The second-order valence-corrected chi connectivity index (χ2v) is 5.46. The first-order valence-corrected chi connectivity index (χ1v) is 7.22. The van der Waals surface area contributed by atoms with Crippen molar-refractivity contribution in [1.82, 2.24) is 0 Å². The van der Waals surface area contributed by atoms with E-state index in [1.165, 1.54) is 13.8 Å². The van der Waals surface area contributed by atoms with Crippen molar-refractivity contribution in [3.05, 3.63) is 0 Å². The van der Waals surface area contributed by atoms with Gasteiger partial charge in [-0.15, -0.1) is 0 Å². The number of hydrogen-bond donors (Lipinski definition) is 1. The van der Waals surface area contributed by atoms with Crippen LogP contribution in [-0.2, 0) is 23.8 Å². The van der Waals surface area contributed by atoms with E-state index in [0.717, 1.165) is 0 Å². The molecule has 1 saturated heterocycles. The summed E-state index contributed by atoms with van der Waals surface area (Å²) in [5.74, 6) is -1.84. The second-order valence-electron chi connectivity index (χ2n) is 5.46. The Morgan fingerprint density at radius 3 is 2.23 bits per heavy atom. The van der Waals surface area contributed by atoms with E-state index in [0.29, 0.717) is 6.42 Å². The molecule has 0 bridgehead atoms. The molecule has 7 atom stereocenters. The first-order valence-electron chi connectivity index (χ1n) is 7.22. The largest absolute Gasteiger partial charge is 0.459 e. The van der Waals surface area contributed by atoms with E-state index in [1.807, 2.05) is 0 Å². The molecule has 0 saturated carbocycles. The summed E-state index contributed by atoms with van der Waals surface area (Å²) in [6, 6.07) is -1.11. The van der Waals surface area contributed by atoms with Crippen LogP contribution in [0.5, 0.6) is 0 Å². The van der Waals surface area contributed by atoms with Gasteiger partial charge in [-0.1, -0.05) is 13.8 Å². The molecule has 0 radical (unpaired) electrons. The molecule has 1 aliphatic rings. The summed E-state index contributed by atoms with van der Waals surface area (Å²) in [5, 5.41) is 0. The number of nitrogens with two attached hydrogens (primary N) is 1. The molecule has 1 fully saturated rings. The van der Waals surface area contributed by atoms with Gasteiger partial charge in [0.25, 0.3) is 0 Å². The Hall–Kier alpha value is -1.28. The van der Waals surface area contributed by atoms with Gasteiger partial charge in [0.15, 0.2) is 12.3 Å². The molecule has 2 N–H and O–H groups in total. The molecule has 1 aliphatic heterocycles. The van der Waals surface area contributed by atoms with E-state index in [-0.39, 0.29) is 0 Å². The molecule has 0 aromatic carbocycles. The van der Waals surface area contributed by atoms with Crippen LogP contribution in [0.25, 0.3) is 0 Å². The SMILES string of the molecule is CC[C@@H](OC(C)=O)[C@@H](OC(C)=O)C1OC(F)C(F)C(N)C1C. The molecule has 0 aliphatic carbocycles. The molecule has 8 heteroatoms. The highest BCUT2D eigenvalue weighted by Gasteiger charge is 2.49. The van der Waals surface area contributed by atoms with Crippen LogP contribution in [0.1, 0.15) is 34.1 Å². The molecule has 5 unspecified atom stereocenters. The molecule has 0 aromatic heterocycles. The lowest BCUT2D eigenvalue weighted by Crippen LogP contribution is -2.60. The van der Waals surface area contributed by atoms with Crippen LogP contribution in [0.3, 0.4) is 0 Å². The summed E-state index contributed by atoms with van der Waals surface area (Å²) in [4.78, 5) is 22.5. The number of esters is 2. The van der Waals surface area contributed by atoms with Crippen LogP contribution >= 0.6 is 0 Å². The van der Waals surface area contributed by atoms with Gasteiger partial charge in [0, 0.05) is 25.8 Å². The van der Waals surface area contributed by atoms with Gasteiger partial charge in [0.2, 0.25) is 6.36 Å². The zero-order valence-electron chi connectivity index (χ0n) is 13.1. The van der Waals surface area contributed by atoms with E-state index in [9.17, 15) is 18.4 Å². The minimum absolute atomic E-state index is 0.315. The average molecular weight is 323 g/mol. The van der Waals surface area contributed by atoms with Crippen LogP contribution in [0, 0.1) is 5.92 Å². The van der Waals surface area contributed by atoms with E-state index in [1.54, 1.807) is 13.8 Å². The Morgan fingerprint density at radius 2 is 1.77 bits per heavy atom. The molecule has 1 rings (SSSR count). The van der Waals surface area contributed by atoms with Gasteiger partial charge >= 0.3 is 11.9 Å². The molecule has 128 valence electrons. The fourth-order valence-electron chi connectivity index (χ4n) is 2.55. The third-order valence-electron chi connectivity index (χ3n) is 3.74. The maximum absolute atomic E-state index is 13.7. The van der Waals surface area contributed by atoms with Gasteiger partial charge in [-0.2, -0.15) is 0 Å². The second kappa shape index (κ2) is 7.82. The maximum atomic E-state index is 13.7. The smallest absolute Gasteiger partial charge is 0.303 e. The summed E-state index contributed by atoms with van der Waals surface area (Å²) in [7, 11) is 0. The minimum Gasteiger partial charge on any atom is -0.459 e. The third kappa shape index (κ3) is 4.36. The van der Waals surface area contributed by atoms with Crippen molar-refractivity contribution in [2.75, 3.05) is 0 Å². The first-order chi connectivity index (χ1) is 10.2. The first kappa shape index (κ1) is 18.8. The number of ether oxygens (including phenoxy) is 3. The van der Waals surface area contributed by atoms with Crippen LogP contribution in [0.15, 0.2) is 0 Å². The van der Waals surface area contributed by atoms with Crippen molar-refractivity contribution in [1.29, 1.82) is 0 Å². The number of carbonyl (C=O) groups is 2. The summed E-state index contributed by atoms with van der Waals surface area (Å²) in [6.45, 7) is 5.67. The highest BCUT2D eigenvalue weighted by molar-refractivity contribution is 5.67. The Morgan fingerprint density at radius 1 is 1.23 bits per heavy atom. The standard InChI is InChI=1S/C14H23F2NO5/c1-5-9(20-7(3)18)13(21-8(4)19)12-6(2)11(17)10(15)14(16)22-12/h6,9-14H,5,17H2,1-4H3/t6?,9-,10?,11?,12?,13-,14?/m1/s1. The van der Waals surface area contributed by atoms with Crippen molar-refractivity contribution >= 4 is 11.9 Å². The lowest BCUT2D eigenvalue weighted by atomic mass is 9.85. The van der Waals surface area contributed by atoms with Gasteiger partial charge in [-0.05, 0) is 6.42 Å². The van der Waals surface area contributed by atoms with Gasteiger partial charge in [-0.3, -0.25) is 9.59 Å². The van der Waals surface area contributed by atoms with Crippen LogP contribution in [0.2, 0.25) is 0 Å². The van der Waals surface area contributed by atoms with E-state index in [2.05, 4.69) is 0 Å². The molecular weight excluding hydrogens is 300 g/mol. The van der Waals surface area contributed by atoms with E-state index >= 15 is 0 Å². The fraction of sp³-hybridized carbons (Fsp3) is 0.857. The molecule has 0 spiro atoms. The number of alkyl halides is 2. The Bertz CT molecular complexity index is 409. The summed E-state index contributed by atoms with van der Waals surface area (Å²) in [5.41, 5.74) is 5.67. The van der Waals surface area contributed by atoms with Gasteiger partial charge in [0.1, 0.15) is 12.2 Å². The Kier molecular flexibility index (Phi) is 6.67. The number of hydrogen-bond acceptors (Lipinski definition) is 6.